The van der Waals surface area contributed by atoms with Gasteiger partial charge in [0.05, 0.1) is 15.8 Å². The molecule has 2 rings (SSSR count). The van der Waals surface area contributed by atoms with E-state index in [2.05, 4.69) is 59.6 Å². The van der Waals surface area contributed by atoms with Crippen molar-refractivity contribution in [2.45, 2.75) is 67.6 Å². The molecule has 1 saturated carbocycles. The molecule has 1 nitrogen and oxygen atoms in total. The molecule has 0 heterocycles. The van der Waals surface area contributed by atoms with Crippen LogP contribution in [0.4, 0.5) is 0 Å². The minimum absolute atomic E-state index is 0.00462. The summed E-state index contributed by atoms with van der Waals surface area (Å²) in [5.41, 5.74) is 1.44. The number of halogens is 3. The molecule has 0 bridgehead atoms. The zero-order valence-corrected chi connectivity index (χ0v) is 15.9. The maximum atomic E-state index is 10.2. The van der Waals surface area contributed by atoms with Crippen LogP contribution in [0.5, 0.6) is 0 Å². The second-order valence-electron chi connectivity index (χ2n) is 7.00. The Bertz CT molecular complexity index is 405. The third kappa shape index (κ3) is 2.37. The number of alkyl halides is 3. The Labute approximate surface area is 138 Å². The van der Waals surface area contributed by atoms with Crippen LogP contribution in [0.15, 0.2) is 11.6 Å². The molecule has 1 spiro atoms. The third-order valence-electron chi connectivity index (χ3n) is 5.62. The summed E-state index contributed by atoms with van der Waals surface area (Å²) in [6, 6.07) is 0. The SMILES string of the molecule is CC1=C[C@H](O)[C@@H](Br)C(C)(C)[C@]12CC[C@](C)(Cl)[C@@H](Br)C2. The monoisotopic (exact) mass is 412 g/mol. The maximum Gasteiger partial charge on any atom is 0.0854 e. The third-order valence-corrected chi connectivity index (χ3v) is 9.36. The molecule has 0 aromatic rings. The Morgan fingerprint density at radius 3 is 2.37 bits per heavy atom. The van der Waals surface area contributed by atoms with Crippen molar-refractivity contribution >= 4 is 43.5 Å². The smallest absolute Gasteiger partial charge is 0.0854 e. The van der Waals surface area contributed by atoms with Crippen molar-refractivity contribution in [3.63, 3.8) is 0 Å². The Kier molecular flexibility index (Phi) is 4.29. The van der Waals surface area contributed by atoms with Gasteiger partial charge in [0.15, 0.2) is 0 Å². The standard InChI is InChI=1S/C15H23Br2ClO/c1-9-7-10(19)12(17)13(2,3)15(9)6-5-14(4,18)11(16)8-15/h7,10-12,19H,5-6,8H2,1-4H3/t10-,11-,12+,14-,15-/m0/s1. The zero-order valence-electron chi connectivity index (χ0n) is 12.0. The molecule has 0 aromatic heterocycles. The van der Waals surface area contributed by atoms with Crippen LogP contribution in [-0.2, 0) is 0 Å². The summed E-state index contributed by atoms with van der Waals surface area (Å²) in [6.45, 7) is 8.82. The molecule has 1 N–H and O–H groups in total. The minimum atomic E-state index is -0.404. The molecule has 0 radical (unpaired) electrons. The Balaban J connectivity index is 2.45. The lowest BCUT2D eigenvalue weighted by atomic mass is 9.50. The summed E-state index contributed by atoms with van der Waals surface area (Å²) in [5.74, 6) is 0. The summed E-state index contributed by atoms with van der Waals surface area (Å²) < 4.78 is 0. The normalized spacial score (nSPS) is 50.1. The fourth-order valence-corrected chi connectivity index (χ4v) is 5.42. The van der Waals surface area contributed by atoms with Crippen LogP contribution in [0, 0.1) is 10.8 Å². The summed E-state index contributed by atoms with van der Waals surface area (Å²) in [4.78, 5) is 0.218. The highest BCUT2D eigenvalue weighted by molar-refractivity contribution is 9.09. The highest BCUT2D eigenvalue weighted by Crippen LogP contribution is 2.63. The van der Waals surface area contributed by atoms with Crippen LogP contribution in [0.1, 0.15) is 47.0 Å². The first-order chi connectivity index (χ1) is 8.54. The summed E-state index contributed by atoms with van der Waals surface area (Å²) >= 11 is 14.1. The Morgan fingerprint density at radius 2 is 1.84 bits per heavy atom. The average molecular weight is 415 g/mol. The highest BCUT2D eigenvalue weighted by Gasteiger charge is 2.58. The van der Waals surface area contributed by atoms with Gasteiger partial charge in [0.2, 0.25) is 0 Å². The second-order valence-corrected chi connectivity index (χ2v) is 9.95. The average Bonchev–Trinajstić information content (AvgIpc) is 2.29. The van der Waals surface area contributed by atoms with E-state index >= 15 is 0 Å². The van der Waals surface area contributed by atoms with Crippen LogP contribution < -0.4 is 0 Å². The fraction of sp³-hybridized carbons (Fsp3) is 0.867. The number of aliphatic hydroxyl groups is 1. The van der Waals surface area contributed by atoms with Crippen molar-refractivity contribution in [2.24, 2.45) is 10.8 Å². The van der Waals surface area contributed by atoms with E-state index in [1.54, 1.807) is 0 Å². The van der Waals surface area contributed by atoms with E-state index in [0.717, 1.165) is 19.3 Å². The van der Waals surface area contributed by atoms with E-state index in [1.807, 2.05) is 6.08 Å². The molecule has 1 fully saturated rings. The van der Waals surface area contributed by atoms with E-state index in [4.69, 9.17) is 11.6 Å². The molecule has 2 aliphatic rings. The quantitative estimate of drug-likeness (QED) is 0.435. The number of hydrogen-bond donors (Lipinski definition) is 1. The van der Waals surface area contributed by atoms with Crippen molar-refractivity contribution in [3.8, 4) is 0 Å². The largest absolute Gasteiger partial charge is 0.388 e. The molecule has 110 valence electrons. The zero-order chi connectivity index (χ0) is 14.6. The Hall–Kier alpha value is 0.950. The van der Waals surface area contributed by atoms with Crippen LogP contribution in [0.2, 0.25) is 0 Å². The fourth-order valence-electron chi connectivity index (χ4n) is 3.88. The van der Waals surface area contributed by atoms with Gasteiger partial charge in [-0.1, -0.05) is 57.4 Å². The van der Waals surface area contributed by atoms with E-state index in [-0.39, 0.29) is 20.5 Å². The highest BCUT2D eigenvalue weighted by atomic mass is 79.9. The van der Waals surface area contributed by atoms with Gasteiger partial charge in [-0.2, -0.15) is 0 Å². The molecule has 0 unspecified atom stereocenters. The molecule has 0 aromatic carbocycles. The van der Waals surface area contributed by atoms with Gasteiger partial charge >= 0.3 is 0 Å². The van der Waals surface area contributed by atoms with Gasteiger partial charge in [-0.05, 0) is 43.9 Å². The summed E-state index contributed by atoms with van der Waals surface area (Å²) in [7, 11) is 0. The van der Waals surface area contributed by atoms with Crippen molar-refractivity contribution in [2.75, 3.05) is 0 Å². The molecule has 0 amide bonds. The van der Waals surface area contributed by atoms with Crippen molar-refractivity contribution in [1.29, 1.82) is 0 Å². The molecule has 19 heavy (non-hydrogen) atoms. The number of hydrogen-bond acceptors (Lipinski definition) is 1. The number of rotatable bonds is 0. The maximum absolute atomic E-state index is 10.2. The van der Waals surface area contributed by atoms with Crippen LogP contribution in [0.25, 0.3) is 0 Å². The lowest BCUT2D eigenvalue weighted by molar-refractivity contribution is 0.0124. The predicted octanol–water partition coefficient (Wildman–Crippen LogP) is 5.03. The van der Waals surface area contributed by atoms with Crippen LogP contribution in [-0.4, -0.2) is 25.7 Å². The number of allylic oxidation sites excluding steroid dienone is 1. The molecule has 4 heteroatoms. The summed E-state index contributed by atoms with van der Waals surface area (Å²) in [6.07, 6.45) is 4.73. The predicted molar refractivity (Wildman–Crippen MR) is 89.5 cm³/mol. The summed E-state index contributed by atoms with van der Waals surface area (Å²) in [5, 5.41) is 10.2. The lowest BCUT2D eigenvalue weighted by Gasteiger charge is -2.59. The van der Waals surface area contributed by atoms with E-state index in [0.29, 0.717) is 4.83 Å². The van der Waals surface area contributed by atoms with Crippen molar-refractivity contribution in [3.05, 3.63) is 11.6 Å². The van der Waals surface area contributed by atoms with Gasteiger partial charge in [0.25, 0.3) is 0 Å². The molecule has 5 atom stereocenters. The van der Waals surface area contributed by atoms with Crippen LogP contribution in [0.3, 0.4) is 0 Å². The van der Waals surface area contributed by atoms with Gasteiger partial charge in [-0.15, -0.1) is 11.6 Å². The lowest BCUT2D eigenvalue weighted by Crippen LogP contribution is -2.56. The number of aliphatic hydroxyl groups excluding tert-OH is 1. The van der Waals surface area contributed by atoms with E-state index in [1.165, 1.54) is 5.57 Å². The topological polar surface area (TPSA) is 20.2 Å². The first-order valence-electron chi connectivity index (χ1n) is 6.89. The van der Waals surface area contributed by atoms with Crippen molar-refractivity contribution < 1.29 is 5.11 Å². The van der Waals surface area contributed by atoms with Gasteiger partial charge in [0, 0.05) is 4.83 Å². The second kappa shape index (κ2) is 5.00. The molecule has 0 aliphatic heterocycles. The molecular formula is C15H23Br2ClO. The molecule has 0 saturated heterocycles. The van der Waals surface area contributed by atoms with E-state index in [9.17, 15) is 5.11 Å². The van der Waals surface area contributed by atoms with Crippen LogP contribution >= 0.6 is 43.5 Å². The first kappa shape index (κ1) is 16.3. The molecular weight excluding hydrogens is 391 g/mol. The van der Waals surface area contributed by atoms with Gasteiger partial charge in [0.1, 0.15) is 0 Å². The molecule has 2 aliphatic carbocycles. The van der Waals surface area contributed by atoms with Gasteiger partial charge in [-0.3, -0.25) is 0 Å². The van der Waals surface area contributed by atoms with Crippen molar-refractivity contribution in [1.82, 2.24) is 0 Å². The van der Waals surface area contributed by atoms with Gasteiger partial charge in [-0.25, -0.2) is 0 Å². The first-order valence-corrected chi connectivity index (χ1v) is 9.09. The van der Waals surface area contributed by atoms with Gasteiger partial charge < -0.3 is 5.11 Å². The van der Waals surface area contributed by atoms with E-state index < -0.39 is 6.10 Å². The Morgan fingerprint density at radius 1 is 1.26 bits per heavy atom. The minimum Gasteiger partial charge on any atom is -0.388 e.